The molecule has 0 aliphatic carbocycles. The van der Waals surface area contributed by atoms with Gasteiger partial charge in [-0.2, -0.15) is 4.98 Å². The summed E-state index contributed by atoms with van der Waals surface area (Å²) in [5, 5.41) is 4.62. The molecule has 1 aliphatic rings. The predicted octanol–water partition coefficient (Wildman–Crippen LogP) is 3.66. The van der Waals surface area contributed by atoms with Crippen molar-refractivity contribution in [3.05, 3.63) is 42.1 Å². The highest BCUT2D eigenvalue weighted by Crippen LogP contribution is 2.32. The SMILES string of the molecule is CC(C)c1nc([C@H]2CCCN(c3ncnc4cccc(F)c34)C2)no1. The molecule has 2 aromatic heterocycles. The molecule has 0 radical (unpaired) electrons. The third-order valence-corrected chi connectivity index (χ3v) is 4.63. The van der Waals surface area contributed by atoms with E-state index in [2.05, 4.69) is 25.0 Å². The number of fused-ring (bicyclic) bond motifs is 1. The first-order valence-electron chi connectivity index (χ1n) is 8.61. The van der Waals surface area contributed by atoms with Gasteiger partial charge < -0.3 is 9.42 Å². The fourth-order valence-corrected chi connectivity index (χ4v) is 3.32. The third-order valence-electron chi connectivity index (χ3n) is 4.63. The van der Waals surface area contributed by atoms with Gasteiger partial charge in [0, 0.05) is 24.9 Å². The first kappa shape index (κ1) is 15.9. The lowest BCUT2D eigenvalue weighted by Gasteiger charge is -2.32. The fraction of sp³-hybridized carbons (Fsp3) is 0.444. The fourth-order valence-electron chi connectivity index (χ4n) is 3.32. The van der Waals surface area contributed by atoms with Crippen molar-refractivity contribution in [3.63, 3.8) is 0 Å². The average Bonchev–Trinajstić information content (AvgIpc) is 3.12. The normalized spacial score (nSPS) is 18.2. The number of hydrogen-bond donors (Lipinski definition) is 0. The molecule has 6 nitrogen and oxygen atoms in total. The van der Waals surface area contributed by atoms with E-state index in [9.17, 15) is 4.39 Å². The van der Waals surface area contributed by atoms with Crippen LogP contribution in [0.25, 0.3) is 10.9 Å². The maximum Gasteiger partial charge on any atom is 0.229 e. The molecular formula is C18H20FN5O. The summed E-state index contributed by atoms with van der Waals surface area (Å²) in [6, 6.07) is 4.92. The maximum absolute atomic E-state index is 14.4. The minimum atomic E-state index is -0.295. The topological polar surface area (TPSA) is 67.9 Å². The Hall–Kier alpha value is -2.57. The largest absolute Gasteiger partial charge is 0.355 e. The highest BCUT2D eigenvalue weighted by Gasteiger charge is 2.28. The molecule has 4 rings (SSSR count). The molecule has 3 heterocycles. The van der Waals surface area contributed by atoms with E-state index in [0.29, 0.717) is 29.2 Å². The van der Waals surface area contributed by atoms with Gasteiger partial charge in [-0.1, -0.05) is 25.1 Å². The Morgan fingerprint density at radius 3 is 2.96 bits per heavy atom. The van der Waals surface area contributed by atoms with Crippen molar-refractivity contribution in [1.29, 1.82) is 0 Å². The minimum absolute atomic E-state index is 0.154. The van der Waals surface area contributed by atoms with Gasteiger partial charge in [-0.05, 0) is 25.0 Å². The third kappa shape index (κ3) is 2.94. The second-order valence-electron chi connectivity index (χ2n) is 6.76. The average molecular weight is 341 g/mol. The lowest BCUT2D eigenvalue weighted by atomic mass is 9.97. The molecule has 130 valence electrons. The molecule has 1 aliphatic heterocycles. The van der Waals surface area contributed by atoms with Gasteiger partial charge in [0.15, 0.2) is 5.82 Å². The first-order valence-corrected chi connectivity index (χ1v) is 8.61. The van der Waals surface area contributed by atoms with E-state index in [1.807, 2.05) is 13.8 Å². The van der Waals surface area contributed by atoms with Crippen molar-refractivity contribution in [2.45, 2.75) is 38.5 Å². The van der Waals surface area contributed by atoms with E-state index in [1.54, 1.807) is 12.1 Å². The zero-order valence-electron chi connectivity index (χ0n) is 14.3. The predicted molar refractivity (Wildman–Crippen MR) is 92.1 cm³/mol. The van der Waals surface area contributed by atoms with Crippen LogP contribution in [0, 0.1) is 5.82 Å². The van der Waals surface area contributed by atoms with Crippen molar-refractivity contribution < 1.29 is 8.91 Å². The summed E-state index contributed by atoms with van der Waals surface area (Å²) in [5.74, 6) is 2.10. The van der Waals surface area contributed by atoms with Gasteiger partial charge in [0.1, 0.15) is 18.0 Å². The van der Waals surface area contributed by atoms with E-state index < -0.39 is 0 Å². The van der Waals surface area contributed by atoms with Crippen LogP contribution in [0.1, 0.15) is 50.2 Å². The number of anilines is 1. The highest BCUT2D eigenvalue weighted by atomic mass is 19.1. The molecule has 0 amide bonds. The molecule has 1 aromatic carbocycles. The second kappa shape index (κ2) is 6.38. The summed E-state index contributed by atoms with van der Waals surface area (Å²) in [4.78, 5) is 15.2. The van der Waals surface area contributed by atoms with Crippen LogP contribution < -0.4 is 4.90 Å². The number of piperidine rings is 1. The highest BCUT2D eigenvalue weighted by molar-refractivity contribution is 5.89. The van der Waals surface area contributed by atoms with Gasteiger partial charge >= 0.3 is 0 Å². The summed E-state index contributed by atoms with van der Waals surface area (Å²) < 4.78 is 19.7. The number of hydrogen-bond acceptors (Lipinski definition) is 6. The maximum atomic E-state index is 14.4. The van der Waals surface area contributed by atoms with Gasteiger partial charge in [-0.3, -0.25) is 0 Å². The van der Waals surface area contributed by atoms with Crippen LogP contribution in [0.2, 0.25) is 0 Å². The van der Waals surface area contributed by atoms with Crippen LogP contribution in [0.3, 0.4) is 0 Å². The van der Waals surface area contributed by atoms with Crippen LogP contribution in [0.4, 0.5) is 10.2 Å². The Bertz CT molecular complexity index is 889. The number of aromatic nitrogens is 4. The quantitative estimate of drug-likeness (QED) is 0.724. The Morgan fingerprint density at radius 1 is 1.28 bits per heavy atom. The summed E-state index contributed by atoms with van der Waals surface area (Å²) >= 11 is 0. The number of benzene rings is 1. The van der Waals surface area contributed by atoms with Crippen LogP contribution in [0.15, 0.2) is 29.0 Å². The van der Waals surface area contributed by atoms with E-state index >= 15 is 0 Å². The van der Waals surface area contributed by atoms with Crippen molar-refractivity contribution in [2.24, 2.45) is 0 Å². The molecule has 1 atom stereocenters. The first-order chi connectivity index (χ1) is 12.1. The number of nitrogens with zero attached hydrogens (tertiary/aromatic N) is 5. The van der Waals surface area contributed by atoms with Gasteiger partial charge in [0.25, 0.3) is 0 Å². The number of rotatable bonds is 3. The van der Waals surface area contributed by atoms with E-state index in [0.717, 1.165) is 25.2 Å². The van der Waals surface area contributed by atoms with Gasteiger partial charge in [0.2, 0.25) is 5.89 Å². The Balaban J connectivity index is 1.65. The molecule has 1 fully saturated rings. The smallest absolute Gasteiger partial charge is 0.229 e. The Kier molecular flexibility index (Phi) is 4.07. The Labute approximate surface area is 145 Å². The molecule has 0 unspecified atom stereocenters. The molecule has 1 saturated heterocycles. The zero-order chi connectivity index (χ0) is 17.4. The van der Waals surface area contributed by atoms with Gasteiger partial charge in [0.05, 0.1) is 10.9 Å². The molecule has 25 heavy (non-hydrogen) atoms. The van der Waals surface area contributed by atoms with Gasteiger partial charge in [-0.15, -0.1) is 0 Å². The lowest BCUT2D eigenvalue weighted by Crippen LogP contribution is -2.35. The van der Waals surface area contributed by atoms with Crippen molar-refractivity contribution in [1.82, 2.24) is 20.1 Å². The van der Waals surface area contributed by atoms with E-state index in [-0.39, 0.29) is 17.7 Å². The summed E-state index contributed by atoms with van der Waals surface area (Å²) in [7, 11) is 0. The van der Waals surface area contributed by atoms with Crippen molar-refractivity contribution >= 4 is 16.7 Å². The van der Waals surface area contributed by atoms with Crippen molar-refractivity contribution in [2.75, 3.05) is 18.0 Å². The summed E-state index contributed by atoms with van der Waals surface area (Å²) in [6.07, 6.45) is 3.45. The lowest BCUT2D eigenvalue weighted by molar-refractivity contribution is 0.354. The van der Waals surface area contributed by atoms with Gasteiger partial charge in [-0.25, -0.2) is 14.4 Å². The number of halogens is 1. The minimum Gasteiger partial charge on any atom is -0.355 e. The molecule has 7 heteroatoms. The zero-order valence-corrected chi connectivity index (χ0v) is 14.3. The van der Waals surface area contributed by atoms with E-state index in [1.165, 1.54) is 12.4 Å². The van der Waals surface area contributed by atoms with Crippen LogP contribution in [0.5, 0.6) is 0 Å². The Morgan fingerprint density at radius 2 is 2.16 bits per heavy atom. The second-order valence-corrected chi connectivity index (χ2v) is 6.76. The van der Waals surface area contributed by atoms with Crippen LogP contribution in [-0.2, 0) is 0 Å². The molecule has 0 N–H and O–H groups in total. The summed E-state index contributed by atoms with van der Waals surface area (Å²) in [5.41, 5.74) is 0.619. The molecule has 0 spiro atoms. The molecular weight excluding hydrogens is 321 g/mol. The van der Waals surface area contributed by atoms with Crippen molar-refractivity contribution in [3.8, 4) is 0 Å². The molecule has 3 aromatic rings. The van der Waals surface area contributed by atoms with E-state index in [4.69, 9.17) is 4.52 Å². The molecule has 0 bridgehead atoms. The van der Waals surface area contributed by atoms with Crippen LogP contribution >= 0.6 is 0 Å². The monoisotopic (exact) mass is 341 g/mol. The summed E-state index contributed by atoms with van der Waals surface area (Å²) in [6.45, 7) is 5.57. The van der Waals surface area contributed by atoms with Crippen LogP contribution in [-0.4, -0.2) is 33.2 Å². The standard InChI is InChI=1S/C18H20FN5O/c1-11(2)18-22-16(23-25-18)12-5-4-8-24(9-12)17-15-13(19)6-3-7-14(15)20-10-21-17/h3,6-7,10-12H,4-5,8-9H2,1-2H3/t12-/m0/s1. The molecule has 0 saturated carbocycles.